The average Bonchev–Trinajstić information content (AvgIpc) is 1.87. The number of hydrogen-bond acceptors (Lipinski definition) is 0. The third-order valence-corrected chi connectivity index (χ3v) is 2.18. The van der Waals surface area contributed by atoms with E-state index in [1.165, 1.54) is 0 Å². The maximum atomic E-state index is 12.7. The zero-order valence-electron chi connectivity index (χ0n) is 8.02. The lowest BCUT2D eigenvalue weighted by Crippen LogP contribution is -2.18. The monoisotopic (exact) mass is 158 g/mol. The summed E-state index contributed by atoms with van der Waals surface area (Å²) in [5, 5.41) is 0. The standard InChI is InChI=1S/C10H19F/c1-6-10(4,5)7-8(2)9(3)11/h6,8-9H,1,7H2,2-5H3. The van der Waals surface area contributed by atoms with Gasteiger partial charge in [0.2, 0.25) is 0 Å². The van der Waals surface area contributed by atoms with Gasteiger partial charge in [-0.1, -0.05) is 26.8 Å². The van der Waals surface area contributed by atoms with E-state index in [0.717, 1.165) is 6.42 Å². The number of allylic oxidation sites excluding steroid dienone is 1. The van der Waals surface area contributed by atoms with Crippen LogP contribution < -0.4 is 0 Å². The van der Waals surface area contributed by atoms with Crippen molar-refractivity contribution in [2.24, 2.45) is 11.3 Å². The molecule has 0 heterocycles. The van der Waals surface area contributed by atoms with Crippen molar-refractivity contribution in [2.45, 2.75) is 40.3 Å². The maximum absolute atomic E-state index is 12.7. The Balaban J connectivity index is 3.93. The van der Waals surface area contributed by atoms with Crippen LogP contribution in [0.1, 0.15) is 34.1 Å². The molecular weight excluding hydrogens is 139 g/mol. The van der Waals surface area contributed by atoms with Crippen LogP contribution in [0.4, 0.5) is 4.39 Å². The molecule has 1 heteroatoms. The van der Waals surface area contributed by atoms with Crippen LogP contribution in [0.2, 0.25) is 0 Å². The molecule has 0 bridgehead atoms. The molecule has 2 unspecified atom stereocenters. The van der Waals surface area contributed by atoms with Gasteiger partial charge in [-0.25, -0.2) is 4.39 Å². The normalized spacial score (nSPS) is 17.5. The molecule has 0 aliphatic rings. The van der Waals surface area contributed by atoms with Gasteiger partial charge < -0.3 is 0 Å². The van der Waals surface area contributed by atoms with Gasteiger partial charge in [-0.2, -0.15) is 0 Å². The zero-order valence-corrected chi connectivity index (χ0v) is 8.02. The summed E-state index contributed by atoms with van der Waals surface area (Å²) in [6, 6.07) is 0. The first-order valence-corrected chi connectivity index (χ1v) is 4.16. The molecule has 0 rings (SSSR count). The highest BCUT2D eigenvalue weighted by molar-refractivity contribution is 4.89. The van der Waals surface area contributed by atoms with Gasteiger partial charge in [0.25, 0.3) is 0 Å². The Labute approximate surface area is 69.5 Å². The van der Waals surface area contributed by atoms with Gasteiger partial charge in [-0.05, 0) is 24.7 Å². The fourth-order valence-electron chi connectivity index (χ4n) is 1.08. The Kier molecular flexibility index (Phi) is 3.77. The van der Waals surface area contributed by atoms with Crippen LogP contribution in [0.5, 0.6) is 0 Å². The summed E-state index contributed by atoms with van der Waals surface area (Å²) in [6.07, 6.45) is 2.05. The first-order chi connectivity index (χ1) is 4.89. The van der Waals surface area contributed by atoms with E-state index >= 15 is 0 Å². The topological polar surface area (TPSA) is 0 Å². The molecule has 0 aromatic rings. The number of rotatable bonds is 4. The molecular formula is C10H19F. The fourth-order valence-corrected chi connectivity index (χ4v) is 1.08. The third-order valence-electron chi connectivity index (χ3n) is 2.18. The maximum Gasteiger partial charge on any atom is 0.0999 e. The van der Waals surface area contributed by atoms with Gasteiger partial charge in [0.1, 0.15) is 0 Å². The summed E-state index contributed by atoms with van der Waals surface area (Å²) in [7, 11) is 0. The van der Waals surface area contributed by atoms with Crippen LogP contribution in [0.25, 0.3) is 0 Å². The highest BCUT2D eigenvalue weighted by Crippen LogP contribution is 2.28. The lowest BCUT2D eigenvalue weighted by Gasteiger charge is -2.24. The Morgan fingerprint density at radius 1 is 1.45 bits per heavy atom. The fraction of sp³-hybridized carbons (Fsp3) is 0.800. The number of alkyl halides is 1. The van der Waals surface area contributed by atoms with E-state index in [0.29, 0.717) is 0 Å². The minimum absolute atomic E-state index is 0.0692. The quantitative estimate of drug-likeness (QED) is 0.548. The third kappa shape index (κ3) is 4.18. The average molecular weight is 158 g/mol. The molecule has 2 atom stereocenters. The molecule has 11 heavy (non-hydrogen) atoms. The summed E-state index contributed by atoms with van der Waals surface area (Å²) in [5.74, 6) is 0.128. The Morgan fingerprint density at radius 3 is 2.18 bits per heavy atom. The Morgan fingerprint density at radius 2 is 1.91 bits per heavy atom. The van der Waals surface area contributed by atoms with Gasteiger partial charge in [0.05, 0.1) is 6.17 Å². The van der Waals surface area contributed by atoms with Crippen LogP contribution in [-0.4, -0.2) is 6.17 Å². The SMILES string of the molecule is C=CC(C)(C)CC(C)C(C)F. The molecule has 0 aromatic heterocycles. The summed E-state index contributed by atoms with van der Waals surface area (Å²) < 4.78 is 12.7. The minimum atomic E-state index is -0.714. The van der Waals surface area contributed by atoms with E-state index in [1.54, 1.807) is 6.92 Å². The van der Waals surface area contributed by atoms with Crippen molar-refractivity contribution in [3.63, 3.8) is 0 Å². The molecule has 0 fully saturated rings. The lowest BCUT2D eigenvalue weighted by molar-refractivity contribution is 0.212. The molecule has 0 radical (unpaired) electrons. The van der Waals surface area contributed by atoms with Crippen LogP contribution in [-0.2, 0) is 0 Å². The van der Waals surface area contributed by atoms with Gasteiger partial charge in [0.15, 0.2) is 0 Å². The second-order valence-electron chi connectivity index (χ2n) is 4.05. The largest absolute Gasteiger partial charge is 0.248 e. The number of halogens is 1. The van der Waals surface area contributed by atoms with Gasteiger partial charge in [0, 0.05) is 0 Å². The predicted molar refractivity (Wildman–Crippen MR) is 48.3 cm³/mol. The molecule has 0 saturated heterocycles. The van der Waals surface area contributed by atoms with E-state index in [1.807, 2.05) is 13.0 Å². The summed E-state index contributed by atoms with van der Waals surface area (Å²) in [5.41, 5.74) is 0.0692. The smallest absolute Gasteiger partial charge is 0.0999 e. The van der Waals surface area contributed by atoms with E-state index < -0.39 is 6.17 Å². The molecule has 0 aliphatic heterocycles. The first-order valence-electron chi connectivity index (χ1n) is 4.16. The second kappa shape index (κ2) is 3.89. The first kappa shape index (κ1) is 10.7. The van der Waals surface area contributed by atoms with Crippen molar-refractivity contribution in [2.75, 3.05) is 0 Å². The molecule has 0 amide bonds. The molecule has 66 valence electrons. The van der Waals surface area contributed by atoms with Gasteiger partial charge in [-0.3, -0.25) is 0 Å². The van der Waals surface area contributed by atoms with Crippen molar-refractivity contribution in [3.8, 4) is 0 Å². The Bertz CT molecular complexity index is 125. The van der Waals surface area contributed by atoms with Crippen molar-refractivity contribution in [3.05, 3.63) is 12.7 Å². The number of hydrogen-bond donors (Lipinski definition) is 0. The summed E-state index contributed by atoms with van der Waals surface area (Å²) in [6.45, 7) is 11.4. The molecule has 0 nitrogen and oxygen atoms in total. The van der Waals surface area contributed by atoms with Crippen LogP contribution in [0.15, 0.2) is 12.7 Å². The van der Waals surface area contributed by atoms with Crippen molar-refractivity contribution in [1.82, 2.24) is 0 Å². The lowest BCUT2D eigenvalue weighted by atomic mass is 9.82. The van der Waals surface area contributed by atoms with Gasteiger partial charge in [-0.15, -0.1) is 6.58 Å². The highest BCUT2D eigenvalue weighted by atomic mass is 19.1. The summed E-state index contributed by atoms with van der Waals surface area (Å²) >= 11 is 0. The molecule has 0 spiro atoms. The van der Waals surface area contributed by atoms with E-state index in [2.05, 4.69) is 20.4 Å². The van der Waals surface area contributed by atoms with E-state index in [-0.39, 0.29) is 11.3 Å². The van der Waals surface area contributed by atoms with Crippen molar-refractivity contribution < 1.29 is 4.39 Å². The van der Waals surface area contributed by atoms with E-state index in [9.17, 15) is 4.39 Å². The Hall–Kier alpha value is -0.330. The van der Waals surface area contributed by atoms with Crippen LogP contribution in [0.3, 0.4) is 0 Å². The van der Waals surface area contributed by atoms with E-state index in [4.69, 9.17) is 0 Å². The molecule has 0 saturated carbocycles. The summed E-state index contributed by atoms with van der Waals surface area (Å²) in [4.78, 5) is 0. The molecule has 0 aliphatic carbocycles. The van der Waals surface area contributed by atoms with Crippen molar-refractivity contribution >= 4 is 0 Å². The van der Waals surface area contributed by atoms with Crippen molar-refractivity contribution in [1.29, 1.82) is 0 Å². The molecule has 0 aromatic carbocycles. The predicted octanol–water partition coefficient (Wildman–Crippen LogP) is 3.58. The second-order valence-corrected chi connectivity index (χ2v) is 4.05. The van der Waals surface area contributed by atoms with Crippen LogP contribution in [0, 0.1) is 11.3 Å². The molecule has 0 N–H and O–H groups in total. The highest BCUT2D eigenvalue weighted by Gasteiger charge is 2.20. The van der Waals surface area contributed by atoms with Crippen LogP contribution >= 0.6 is 0 Å². The van der Waals surface area contributed by atoms with Gasteiger partial charge >= 0.3 is 0 Å². The zero-order chi connectivity index (χ0) is 9.07. The minimum Gasteiger partial charge on any atom is -0.248 e.